The van der Waals surface area contributed by atoms with Crippen LogP contribution in [0.3, 0.4) is 0 Å². The van der Waals surface area contributed by atoms with Gasteiger partial charge in [0.2, 0.25) is 0 Å². The Morgan fingerprint density at radius 2 is 1.58 bits per heavy atom. The molecule has 2 saturated heterocycles. The van der Waals surface area contributed by atoms with E-state index in [2.05, 4.69) is 4.99 Å². The van der Waals surface area contributed by atoms with Crippen LogP contribution in [0.5, 0.6) is 0 Å². The third kappa shape index (κ3) is 6.05. The Hall–Kier alpha value is -1.05. The first-order valence-corrected chi connectivity index (χ1v) is 10.5. The number of carbonyl (C=O) groups is 3. The number of nitrogens with zero attached hydrogens (tertiary/aromatic N) is 2. The smallest absolute Gasteiger partial charge is 0.862 e. The summed E-state index contributed by atoms with van der Waals surface area (Å²) in [7, 11) is 0. The number of rotatable bonds is 6. The molecule has 0 bridgehead atoms. The van der Waals surface area contributed by atoms with E-state index >= 15 is 0 Å². The van der Waals surface area contributed by atoms with Gasteiger partial charge in [-0.1, -0.05) is 0 Å². The van der Waals surface area contributed by atoms with Crippen LogP contribution in [0.1, 0.15) is 26.7 Å². The van der Waals surface area contributed by atoms with Crippen molar-refractivity contribution in [1.29, 1.82) is 0 Å². The van der Waals surface area contributed by atoms with Gasteiger partial charge in [-0.2, -0.15) is 0 Å². The average Bonchev–Trinajstić information content (AvgIpc) is 3.45. The monoisotopic (exact) mass is 482 g/mol. The first-order chi connectivity index (χ1) is 14.2. The summed E-state index contributed by atoms with van der Waals surface area (Å²) < 4.78 is -0.708. The number of aliphatic carboxylic acids is 1. The summed E-state index contributed by atoms with van der Waals surface area (Å²) in [5.41, 5.74) is 0. The number of amides is 1. The van der Waals surface area contributed by atoms with Crippen LogP contribution in [-0.4, -0.2) is 50.7 Å². The Morgan fingerprint density at radius 1 is 1.03 bits per heavy atom. The Kier molecular flexibility index (Phi) is 9.46. The maximum atomic E-state index is 12.2. The zero-order valence-corrected chi connectivity index (χ0v) is 19.0. The van der Waals surface area contributed by atoms with Crippen LogP contribution in [-0.2, 0) is 31.5 Å². The third-order valence-corrected chi connectivity index (χ3v) is 6.58. The van der Waals surface area contributed by atoms with Gasteiger partial charge in [0.05, 0.1) is 12.0 Å². The van der Waals surface area contributed by atoms with Crippen LogP contribution in [0.15, 0.2) is 4.99 Å². The van der Waals surface area contributed by atoms with Gasteiger partial charge < -0.3 is 19.9 Å². The van der Waals surface area contributed by atoms with Gasteiger partial charge in [-0.3, -0.25) is 14.6 Å². The number of carboxylic acids is 1. The van der Waals surface area contributed by atoms with Gasteiger partial charge in [-0.25, -0.2) is 0 Å². The van der Waals surface area contributed by atoms with Crippen LogP contribution in [0.4, 0.5) is 0 Å². The largest absolute Gasteiger partial charge is 2.00 e. The zero-order valence-electron chi connectivity index (χ0n) is 17.0. The van der Waals surface area contributed by atoms with Gasteiger partial charge in [0, 0.05) is 17.1 Å². The van der Waals surface area contributed by atoms with Crippen molar-refractivity contribution in [3.63, 3.8) is 0 Å². The molecule has 2 aliphatic carbocycles. The molecule has 4 rings (SSSR count). The van der Waals surface area contributed by atoms with E-state index in [4.69, 9.17) is 0 Å². The van der Waals surface area contributed by atoms with Crippen molar-refractivity contribution in [2.24, 2.45) is 4.99 Å². The SMILES string of the molecule is CC1(C)S[C@@H]2[C@H](N=C([O-])CCC(=O)[C]3[CH][CH][CH][CH]3)C(=O)N2[C@H]1C(=O)[O-].[CH]1[CH][CH][CH][CH]1.[Fe+2]. The summed E-state index contributed by atoms with van der Waals surface area (Å²) in [5, 5.41) is 22.8. The van der Waals surface area contributed by atoms with E-state index < -0.39 is 40.0 Å². The normalized spacial score (nSPS) is 29.5. The minimum absolute atomic E-state index is 0. The van der Waals surface area contributed by atoms with Crippen LogP contribution in [0.25, 0.3) is 0 Å². The molecular weight excluding hydrogens is 460 g/mol. The van der Waals surface area contributed by atoms with E-state index in [-0.39, 0.29) is 35.7 Å². The molecule has 1 amide bonds. The van der Waals surface area contributed by atoms with E-state index in [0.29, 0.717) is 5.92 Å². The second-order valence-electron chi connectivity index (χ2n) is 7.61. The van der Waals surface area contributed by atoms with Crippen molar-refractivity contribution in [1.82, 2.24) is 4.90 Å². The van der Waals surface area contributed by atoms with Crippen LogP contribution in [0.2, 0.25) is 0 Å². The molecule has 10 radical (unpaired) electrons. The molecular formula is C22H22FeN2O5S. The Morgan fingerprint density at radius 3 is 2.10 bits per heavy atom. The van der Waals surface area contributed by atoms with Crippen molar-refractivity contribution in [2.75, 3.05) is 0 Å². The van der Waals surface area contributed by atoms with E-state index in [1.807, 2.05) is 32.1 Å². The summed E-state index contributed by atoms with van der Waals surface area (Å²) >= 11 is 1.30. The molecule has 7 nitrogen and oxygen atoms in total. The number of ketones is 1. The van der Waals surface area contributed by atoms with Crippen molar-refractivity contribution in [3.8, 4) is 0 Å². The molecule has 9 heteroatoms. The molecule has 0 aromatic heterocycles. The molecule has 0 spiro atoms. The maximum Gasteiger partial charge on any atom is 2.00 e. The standard InChI is InChI=1S/C17H19N2O5S.C5H5.Fe/c1-17(2)13(16(23)24)19-14(22)12(15(19)25-17)18-11(21)8-7-10(20)9-5-3-4-6-9;1-2-4-5-3-1;/h3-6,12-13,15H,7-8H2,1-2H3,(H,18,21)(H,23,24);1-5H;/q;;+2/p-2/t12-,13+,15-;;/m1../s1. The van der Waals surface area contributed by atoms with E-state index in [1.165, 1.54) is 16.7 Å². The van der Waals surface area contributed by atoms with E-state index in [1.54, 1.807) is 39.5 Å². The number of carboxylic acid groups (broad SMARTS) is 1. The fourth-order valence-corrected chi connectivity index (χ4v) is 5.16. The van der Waals surface area contributed by atoms with Gasteiger partial charge >= 0.3 is 17.1 Å². The topological polar surface area (TPSA) is 113 Å². The molecule has 0 N–H and O–H groups in total. The van der Waals surface area contributed by atoms with Crippen LogP contribution >= 0.6 is 11.8 Å². The molecule has 164 valence electrons. The summed E-state index contributed by atoms with van der Waals surface area (Å²) in [6.45, 7) is 3.45. The second-order valence-corrected chi connectivity index (χ2v) is 9.38. The first kappa shape index (κ1) is 26.2. The molecule has 0 aromatic rings. The third-order valence-electron chi connectivity index (χ3n) is 5.03. The molecule has 2 aliphatic heterocycles. The zero-order chi connectivity index (χ0) is 21.9. The number of carbonyl (C=O) groups excluding carboxylic acids is 3. The molecule has 2 heterocycles. The fraction of sp³-hybridized carbons (Fsp3) is 0.364. The van der Waals surface area contributed by atoms with E-state index in [0.717, 1.165) is 0 Å². The number of fused-ring (bicyclic) bond motifs is 1. The van der Waals surface area contributed by atoms with Crippen molar-refractivity contribution >= 4 is 35.3 Å². The summed E-state index contributed by atoms with van der Waals surface area (Å²) in [4.78, 5) is 40.6. The van der Waals surface area contributed by atoms with Gasteiger partial charge in [-0.05, 0) is 84.0 Å². The fourth-order valence-electron chi connectivity index (χ4n) is 3.56. The van der Waals surface area contributed by atoms with Gasteiger partial charge in [-0.15, -0.1) is 11.8 Å². The minimum Gasteiger partial charge on any atom is -0.862 e. The molecule has 4 aliphatic rings. The van der Waals surface area contributed by atoms with E-state index in [9.17, 15) is 24.6 Å². The Balaban J connectivity index is 0.000000501. The summed E-state index contributed by atoms with van der Waals surface area (Å²) in [6, 6.07) is -1.91. The van der Waals surface area contributed by atoms with Gasteiger partial charge in [0.1, 0.15) is 11.2 Å². The van der Waals surface area contributed by atoms with Crippen molar-refractivity contribution in [3.05, 3.63) is 63.7 Å². The predicted octanol–water partition coefficient (Wildman–Crippen LogP) is -0.300. The Labute approximate surface area is 199 Å². The summed E-state index contributed by atoms with van der Waals surface area (Å²) in [5.74, 6) is -1.91. The second kappa shape index (κ2) is 11.2. The number of thioether (sulfide) groups is 1. The molecule has 2 saturated carbocycles. The quantitative estimate of drug-likeness (QED) is 0.222. The minimum atomic E-state index is -1.31. The summed E-state index contributed by atoms with van der Waals surface area (Å²) in [6.07, 6.45) is 16.8. The number of β-lactam (4-membered cyclic amide) rings is 1. The number of Topliss-reactive ketones (excluding diaryl/α,β-unsaturated/α-hetero) is 1. The molecule has 0 aromatic carbocycles. The number of hydrogen-bond acceptors (Lipinski definition) is 7. The van der Waals surface area contributed by atoms with Crippen LogP contribution in [0, 0.1) is 63.7 Å². The number of aliphatic imine (C=N–C) groups is 1. The maximum absolute atomic E-state index is 12.2. The van der Waals surface area contributed by atoms with Gasteiger partial charge in [0.15, 0.2) is 6.04 Å². The van der Waals surface area contributed by atoms with Crippen molar-refractivity contribution in [2.45, 2.75) is 48.9 Å². The number of hydrogen-bond donors (Lipinski definition) is 0. The molecule has 4 fully saturated rings. The molecule has 3 atom stereocenters. The molecule has 0 unspecified atom stereocenters. The first-order valence-electron chi connectivity index (χ1n) is 9.58. The van der Waals surface area contributed by atoms with Gasteiger partial charge in [0.25, 0.3) is 5.91 Å². The van der Waals surface area contributed by atoms with Crippen LogP contribution < -0.4 is 10.2 Å². The average molecular weight is 482 g/mol. The van der Waals surface area contributed by atoms with Crippen molar-refractivity contribution < 1.29 is 41.7 Å². The Bertz CT molecular complexity index is 696. The predicted molar refractivity (Wildman–Crippen MR) is 109 cm³/mol. The molecule has 31 heavy (non-hydrogen) atoms.